The molecule has 4 aromatic rings. The van der Waals surface area contributed by atoms with Crippen molar-refractivity contribution in [2.75, 3.05) is 43.0 Å². The smallest absolute Gasteiger partial charge is 0.355 e. The largest absolute Gasteiger partial charge is 0.481 e. The predicted octanol–water partition coefficient (Wildman–Crippen LogP) is 7.87. The number of hydrogen-bond donors (Lipinski definition) is 4. The van der Waals surface area contributed by atoms with Crippen LogP contribution in [-0.4, -0.2) is 93.6 Å². The normalized spacial score (nSPS) is 28.3. The number of pyridine rings is 1. The molecule has 62 heavy (non-hydrogen) atoms. The second-order valence-electron chi connectivity index (χ2n) is 19.0. The molecule has 5 aliphatic rings. The number of carbonyl (C=O) groups excluding carboxylic acids is 2. The lowest BCUT2D eigenvalue weighted by atomic mass is 9.39. The molecule has 4 aliphatic carbocycles. The fourth-order valence-corrected chi connectivity index (χ4v) is 13.8. The summed E-state index contributed by atoms with van der Waals surface area (Å²) in [4.78, 5) is 67.0. The van der Waals surface area contributed by atoms with Crippen molar-refractivity contribution in [1.82, 2.24) is 14.9 Å². The number of ether oxygens (including phenoxy) is 1. The Labute approximate surface area is 364 Å². The number of para-hydroxylation sites is 1. The molecule has 5 atom stereocenters. The highest BCUT2D eigenvalue weighted by Gasteiger charge is 2.84. The van der Waals surface area contributed by atoms with Crippen LogP contribution in [0.5, 0.6) is 0 Å². The third-order valence-electron chi connectivity index (χ3n) is 14.8. The van der Waals surface area contributed by atoms with Crippen LogP contribution >= 0.6 is 11.3 Å². The molecule has 2 aromatic carbocycles. The Kier molecular flexibility index (Phi) is 10.3. The summed E-state index contributed by atoms with van der Waals surface area (Å²) in [6, 6.07) is 16.8. The number of aromatic carboxylic acids is 1. The van der Waals surface area contributed by atoms with E-state index in [1.54, 1.807) is 17.0 Å². The van der Waals surface area contributed by atoms with Gasteiger partial charge in [0.2, 0.25) is 6.41 Å². The number of nitrogens with one attached hydrogen (secondary N) is 1. The lowest BCUT2D eigenvalue weighted by molar-refractivity contribution is -0.163. The quantitative estimate of drug-likeness (QED) is 0.0674. The van der Waals surface area contributed by atoms with Gasteiger partial charge in [0.15, 0.2) is 10.8 Å². The van der Waals surface area contributed by atoms with Gasteiger partial charge in [0.1, 0.15) is 0 Å². The van der Waals surface area contributed by atoms with Gasteiger partial charge in [-0.3, -0.25) is 24.8 Å². The molecule has 2 aromatic heterocycles. The summed E-state index contributed by atoms with van der Waals surface area (Å²) >= 11 is 1.42. The van der Waals surface area contributed by atoms with Crippen molar-refractivity contribution in [3.8, 4) is 11.3 Å². The number of aromatic nitrogens is 2. The number of rotatable bonds is 15. The Hall–Kier alpha value is -5.67. The summed E-state index contributed by atoms with van der Waals surface area (Å²) in [5, 5.41) is 23.2. The van der Waals surface area contributed by atoms with Crippen molar-refractivity contribution in [3.05, 3.63) is 77.6 Å². The Bertz CT molecular complexity index is 2540. The average Bonchev–Trinajstić information content (AvgIpc) is 3.77. The number of aliphatic carboxylic acids is 1. The van der Waals surface area contributed by atoms with Crippen molar-refractivity contribution in [1.29, 1.82) is 0 Å². The van der Waals surface area contributed by atoms with Gasteiger partial charge in [-0.15, -0.1) is 0 Å². The van der Waals surface area contributed by atoms with Gasteiger partial charge in [-0.1, -0.05) is 49.4 Å². The number of carboxylic acid groups (broad SMARTS) is 2. The summed E-state index contributed by atoms with van der Waals surface area (Å²) < 4.78 is 7.78. The van der Waals surface area contributed by atoms with Gasteiger partial charge in [-0.25, -0.2) is 19.6 Å². The lowest BCUT2D eigenvalue weighted by Crippen LogP contribution is -2.60. The molecule has 15 heteroatoms. The number of allylic oxidation sites excluding steroid dienone is 1. The summed E-state index contributed by atoms with van der Waals surface area (Å²) in [6.07, 6.45) is 9.58. The zero-order valence-corrected chi connectivity index (χ0v) is 36.2. The summed E-state index contributed by atoms with van der Waals surface area (Å²) in [7, 11) is 0. The molecule has 1 aliphatic heterocycles. The van der Waals surface area contributed by atoms with Crippen molar-refractivity contribution >= 4 is 68.0 Å². The molecule has 0 radical (unpaired) electrons. The van der Waals surface area contributed by atoms with Crippen LogP contribution in [0.15, 0.2) is 65.8 Å². The molecule has 0 saturated heterocycles. The number of fused-ring (bicyclic) bond motifs is 4. The van der Waals surface area contributed by atoms with Gasteiger partial charge in [0.25, 0.3) is 0 Å². The first-order chi connectivity index (χ1) is 29.6. The second-order valence-corrected chi connectivity index (χ2v) is 20.0. The molecular formula is C47H53N7O7S. The van der Waals surface area contributed by atoms with Crippen molar-refractivity contribution in [3.63, 3.8) is 0 Å². The summed E-state index contributed by atoms with van der Waals surface area (Å²) in [5.41, 5.74) is 11.2. The van der Waals surface area contributed by atoms with Gasteiger partial charge in [-0.05, 0) is 116 Å². The van der Waals surface area contributed by atoms with E-state index >= 15 is 0 Å². The van der Waals surface area contributed by atoms with Crippen molar-refractivity contribution < 1.29 is 34.1 Å². The average molecular weight is 860 g/mol. The zero-order valence-electron chi connectivity index (χ0n) is 35.4. The maximum Gasteiger partial charge on any atom is 0.355 e. The van der Waals surface area contributed by atoms with E-state index in [1.165, 1.54) is 22.4 Å². The van der Waals surface area contributed by atoms with E-state index in [4.69, 9.17) is 20.6 Å². The highest BCUT2D eigenvalue weighted by Crippen LogP contribution is 2.89. The molecule has 3 amide bonds. The molecule has 14 nitrogen and oxygen atoms in total. The Morgan fingerprint density at radius 2 is 1.84 bits per heavy atom. The molecular weight excluding hydrogens is 807 g/mol. The van der Waals surface area contributed by atoms with E-state index in [-0.39, 0.29) is 52.0 Å². The number of anilines is 2. The van der Waals surface area contributed by atoms with Crippen molar-refractivity contribution in [2.24, 2.45) is 32.4 Å². The first kappa shape index (κ1) is 41.7. The zero-order chi connectivity index (χ0) is 43.7. The molecule has 4 saturated carbocycles. The third kappa shape index (κ3) is 6.93. The summed E-state index contributed by atoms with van der Waals surface area (Å²) in [6.45, 7) is 8.57. The maximum atomic E-state index is 13.6. The van der Waals surface area contributed by atoms with E-state index < -0.39 is 11.9 Å². The van der Waals surface area contributed by atoms with E-state index in [0.717, 1.165) is 72.8 Å². The van der Waals surface area contributed by atoms with E-state index in [2.05, 4.69) is 29.1 Å². The van der Waals surface area contributed by atoms with Crippen LogP contribution in [0.25, 0.3) is 27.0 Å². The minimum absolute atomic E-state index is 0.0487. The minimum atomic E-state index is -1.19. The van der Waals surface area contributed by atoms with Crippen molar-refractivity contribution in [2.45, 2.75) is 84.2 Å². The molecule has 4 fully saturated rings. The van der Waals surface area contributed by atoms with Crippen LogP contribution in [0.3, 0.4) is 0 Å². The third-order valence-corrected chi connectivity index (χ3v) is 15.8. The number of carbonyl (C=O) groups is 4. The lowest BCUT2D eigenvalue weighted by Gasteiger charge is -2.65. The monoisotopic (exact) mass is 859 g/mol. The first-order valence-corrected chi connectivity index (χ1v) is 22.3. The number of benzene rings is 2. The fraction of sp³-hybridized carbons (Fsp3) is 0.468. The van der Waals surface area contributed by atoms with Crippen LogP contribution in [0.4, 0.5) is 15.6 Å². The number of thiazole rings is 1. The first-order valence-electron chi connectivity index (χ1n) is 21.4. The van der Waals surface area contributed by atoms with Crippen LogP contribution in [0.1, 0.15) is 93.8 Å². The van der Waals surface area contributed by atoms with Gasteiger partial charge >= 0.3 is 18.0 Å². The maximum absolute atomic E-state index is 13.6. The minimum Gasteiger partial charge on any atom is -0.481 e. The number of amides is 3. The number of nitrogens with two attached hydrogens (primary N) is 1. The molecule has 3 heterocycles. The number of aryl methyl sites for hydroxylation is 1. The van der Waals surface area contributed by atoms with Gasteiger partial charge in [0.05, 0.1) is 34.5 Å². The number of nitrogens with zero attached hydrogens (tertiary/aromatic N) is 5. The molecule has 9 rings (SSSR count). The second kappa shape index (κ2) is 15.3. The summed E-state index contributed by atoms with van der Waals surface area (Å²) in [5.74, 6) is -2.14. The Morgan fingerprint density at radius 3 is 2.60 bits per heavy atom. The van der Waals surface area contributed by atoms with Crippen LogP contribution < -0.4 is 16.0 Å². The van der Waals surface area contributed by atoms with Crippen LogP contribution in [-0.2, 0) is 20.7 Å². The fourth-order valence-electron chi connectivity index (χ4n) is 13.0. The molecule has 5 N–H and O–H groups in total. The van der Waals surface area contributed by atoms with Crippen LogP contribution in [0.2, 0.25) is 0 Å². The van der Waals surface area contributed by atoms with Gasteiger partial charge in [-0.2, -0.15) is 0 Å². The van der Waals surface area contributed by atoms with Gasteiger partial charge in [0, 0.05) is 60.5 Å². The molecule has 3 bridgehead atoms. The number of hydrogen-bond acceptors (Lipinski definition) is 10. The predicted molar refractivity (Wildman–Crippen MR) is 238 cm³/mol. The highest BCUT2D eigenvalue weighted by atomic mass is 32.1. The number of urea groups is 1. The highest BCUT2D eigenvalue weighted by molar-refractivity contribution is 7.22. The Morgan fingerprint density at radius 1 is 1.02 bits per heavy atom. The molecule has 5 unspecified atom stereocenters. The SMILES string of the molecule is CC(=NCC12CC3(OCCN(C=O)CCC(=O)O)CC4(C)CC(C)(C1)C2(C4)C3)C(=CN)c1ccc(-c2ccc3c(c2)N(C(=O)Nc2nc4ccccc4s2)CCC3)nc1C(=O)O. The van der Waals surface area contributed by atoms with E-state index in [9.17, 15) is 24.3 Å². The standard InChI is InChI=1S/C47H53N7O7S/c1-29(49-27-45-24-44(3)21-43(2)22-46(25-45,26-47(44,45)23-43)61-18-17-53(28-55)16-14-38(56)57)33(20-48)32-12-13-34(50-39(32)40(58)59)31-11-10-30-7-6-15-54(36(30)19-31)42(60)52-41-51-35-8-4-5-9-37(35)62-41/h4-5,8-13,19-20,28H,6-7,14-18,21-27,48H2,1-3H3,(H,56,57)(H,58,59)(H,51,52,60). The van der Waals surface area contributed by atoms with E-state index in [0.29, 0.717) is 65.9 Å². The molecule has 324 valence electrons. The Balaban J connectivity index is 0.942. The van der Waals surface area contributed by atoms with Gasteiger partial charge < -0.3 is 25.6 Å². The topological polar surface area (TPSA) is 201 Å². The number of carboxylic acids is 2. The molecule has 1 spiro atoms. The van der Waals surface area contributed by atoms with Crippen LogP contribution in [0, 0.1) is 21.7 Å². The van der Waals surface area contributed by atoms with E-state index in [1.807, 2.05) is 49.4 Å². The number of aliphatic imine (C=N–C) groups is 1.